The zero-order valence-corrected chi connectivity index (χ0v) is 16.1. The van der Waals surface area contributed by atoms with Crippen molar-refractivity contribution in [1.82, 2.24) is 9.36 Å². The monoisotopic (exact) mass is 425 g/mol. The van der Waals surface area contributed by atoms with E-state index in [0.717, 1.165) is 34.9 Å². The van der Waals surface area contributed by atoms with Crippen LogP contribution in [0.15, 0.2) is 52.9 Å². The minimum absolute atomic E-state index is 0.0799. The van der Waals surface area contributed by atoms with E-state index >= 15 is 0 Å². The van der Waals surface area contributed by atoms with E-state index < -0.39 is 17.6 Å². The molecule has 3 rings (SSSR count). The van der Waals surface area contributed by atoms with E-state index in [2.05, 4.69) is 14.7 Å². The van der Waals surface area contributed by atoms with Crippen LogP contribution in [0.5, 0.6) is 5.75 Å². The lowest BCUT2D eigenvalue weighted by atomic mass is 10.1. The molecule has 0 bridgehead atoms. The van der Waals surface area contributed by atoms with Crippen molar-refractivity contribution in [2.75, 3.05) is 18.2 Å². The second-order valence-corrected chi connectivity index (χ2v) is 7.47. The first-order chi connectivity index (χ1) is 13.4. The van der Waals surface area contributed by atoms with Crippen molar-refractivity contribution in [3.8, 4) is 17.1 Å². The lowest BCUT2D eigenvalue weighted by Gasteiger charge is -2.13. The number of rotatable bonds is 6. The quantitative estimate of drug-likeness (QED) is 0.566. The topological polar surface area (TPSA) is 64.1 Å². The molecule has 10 heteroatoms. The molecule has 1 aromatic heterocycles. The number of anilines is 1. The highest BCUT2D eigenvalue weighted by atomic mass is 32.2. The zero-order valence-electron chi connectivity index (χ0n) is 14.5. The van der Waals surface area contributed by atoms with Crippen LogP contribution in [0.3, 0.4) is 0 Å². The number of hydrogen-bond acceptors (Lipinski definition) is 6. The van der Waals surface area contributed by atoms with E-state index in [0.29, 0.717) is 15.9 Å². The highest BCUT2D eigenvalue weighted by Crippen LogP contribution is 2.34. The average molecular weight is 425 g/mol. The maximum absolute atomic E-state index is 13.0. The van der Waals surface area contributed by atoms with E-state index in [9.17, 15) is 18.0 Å². The summed E-state index contributed by atoms with van der Waals surface area (Å²) in [6.45, 7) is 0. The third kappa shape index (κ3) is 5.02. The van der Waals surface area contributed by atoms with E-state index in [-0.39, 0.29) is 11.4 Å². The van der Waals surface area contributed by atoms with Gasteiger partial charge in [-0.15, -0.1) is 0 Å². The first kappa shape index (κ1) is 20.2. The van der Waals surface area contributed by atoms with Gasteiger partial charge in [0, 0.05) is 5.56 Å². The van der Waals surface area contributed by atoms with Crippen LogP contribution in [0.2, 0.25) is 0 Å². The molecule has 0 unspecified atom stereocenters. The number of nitrogens with one attached hydrogen (secondary N) is 1. The standard InChI is InChI=1S/C18H14F3N3O2S2/c1-26-12-8-6-11(7-9-12)16-23-17(28-24-16)27-10-15(25)22-14-5-3-2-4-13(14)18(19,20)21/h2-9H,10H2,1H3,(H,22,25). The Morgan fingerprint density at radius 3 is 2.57 bits per heavy atom. The maximum Gasteiger partial charge on any atom is 0.418 e. The molecule has 0 saturated heterocycles. The minimum atomic E-state index is -4.54. The number of ether oxygens (including phenoxy) is 1. The number of carbonyl (C=O) groups is 1. The van der Waals surface area contributed by atoms with Crippen molar-refractivity contribution in [3.05, 3.63) is 54.1 Å². The van der Waals surface area contributed by atoms with Gasteiger partial charge in [0.2, 0.25) is 5.91 Å². The summed E-state index contributed by atoms with van der Waals surface area (Å²) in [5.41, 5.74) is -0.352. The molecule has 5 nitrogen and oxygen atoms in total. The van der Waals surface area contributed by atoms with Crippen molar-refractivity contribution in [3.63, 3.8) is 0 Å². The molecule has 0 saturated carbocycles. The summed E-state index contributed by atoms with van der Waals surface area (Å²) in [4.78, 5) is 16.4. The van der Waals surface area contributed by atoms with Crippen LogP contribution < -0.4 is 10.1 Å². The van der Waals surface area contributed by atoms with Gasteiger partial charge in [-0.1, -0.05) is 23.9 Å². The molecule has 3 aromatic rings. The number of carbonyl (C=O) groups excluding carboxylic acids is 1. The number of alkyl halides is 3. The van der Waals surface area contributed by atoms with E-state index in [1.165, 1.54) is 18.2 Å². The van der Waals surface area contributed by atoms with Crippen molar-refractivity contribution < 1.29 is 22.7 Å². The summed E-state index contributed by atoms with van der Waals surface area (Å²) < 4.78 is 48.8. The van der Waals surface area contributed by atoms with Gasteiger partial charge in [0.1, 0.15) is 5.75 Å². The number of amides is 1. The van der Waals surface area contributed by atoms with Gasteiger partial charge in [0.25, 0.3) is 0 Å². The average Bonchev–Trinajstić information content (AvgIpc) is 3.15. The van der Waals surface area contributed by atoms with Crippen molar-refractivity contribution in [2.24, 2.45) is 0 Å². The molecular weight excluding hydrogens is 411 g/mol. The molecule has 1 amide bonds. The molecule has 1 heterocycles. The van der Waals surface area contributed by atoms with Gasteiger partial charge in [0.15, 0.2) is 10.2 Å². The fourth-order valence-corrected chi connectivity index (χ4v) is 3.69. The number of thioether (sulfide) groups is 1. The molecule has 0 aliphatic rings. The Bertz CT molecular complexity index is 959. The van der Waals surface area contributed by atoms with Gasteiger partial charge < -0.3 is 10.1 Å². The summed E-state index contributed by atoms with van der Waals surface area (Å²) in [6.07, 6.45) is -4.54. The van der Waals surface area contributed by atoms with Gasteiger partial charge in [0.05, 0.1) is 24.1 Å². The van der Waals surface area contributed by atoms with Crippen LogP contribution in [-0.4, -0.2) is 28.1 Å². The molecule has 0 fully saturated rings. The van der Waals surface area contributed by atoms with Gasteiger partial charge in [-0.05, 0) is 47.9 Å². The number of para-hydroxylation sites is 1. The molecule has 146 valence electrons. The Hall–Kier alpha value is -2.59. The van der Waals surface area contributed by atoms with E-state index in [4.69, 9.17) is 4.74 Å². The summed E-state index contributed by atoms with van der Waals surface area (Å²) in [7, 11) is 1.57. The lowest BCUT2D eigenvalue weighted by Crippen LogP contribution is -2.18. The van der Waals surface area contributed by atoms with Crippen LogP contribution in [0.25, 0.3) is 11.4 Å². The smallest absolute Gasteiger partial charge is 0.418 e. The molecule has 0 aliphatic carbocycles. The number of nitrogens with zero attached hydrogens (tertiary/aromatic N) is 2. The molecule has 28 heavy (non-hydrogen) atoms. The number of benzene rings is 2. The summed E-state index contributed by atoms with van der Waals surface area (Å²) in [6, 6.07) is 12.1. The largest absolute Gasteiger partial charge is 0.497 e. The molecule has 0 spiro atoms. The Morgan fingerprint density at radius 2 is 1.89 bits per heavy atom. The van der Waals surface area contributed by atoms with Crippen LogP contribution in [0, 0.1) is 0 Å². The SMILES string of the molecule is COc1ccc(-c2nsc(SCC(=O)Nc3ccccc3C(F)(F)F)n2)cc1. The normalized spacial score (nSPS) is 11.3. The first-order valence-electron chi connectivity index (χ1n) is 7.94. The number of hydrogen-bond donors (Lipinski definition) is 1. The highest BCUT2D eigenvalue weighted by molar-refractivity contribution is 8.01. The Balaban J connectivity index is 1.61. The van der Waals surface area contributed by atoms with Crippen molar-refractivity contribution >= 4 is 34.9 Å². The van der Waals surface area contributed by atoms with Gasteiger partial charge in [-0.3, -0.25) is 4.79 Å². The number of halogens is 3. The zero-order chi connectivity index (χ0) is 20.1. The fourth-order valence-electron chi connectivity index (χ4n) is 2.28. The highest BCUT2D eigenvalue weighted by Gasteiger charge is 2.33. The molecular formula is C18H14F3N3O2S2. The first-order valence-corrected chi connectivity index (χ1v) is 9.70. The third-order valence-corrected chi connectivity index (χ3v) is 5.42. The van der Waals surface area contributed by atoms with Crippen LogP contribution in [0.1, 0.15) is 5.56 Å². The maximum atomic E-state index is 13.0. The number of methoxy groups -OCH3 is 1. The molecule has 0 radical (unpaired) electrons. The Labute approximate surface area is 167 Å². The van der Waals surface area contributed by atoms with Gasteiger partial charge >= 0.3 is 6.18 Å². The predicted octanol–water partition coefficient (Wildman–Crippen LogP) is 4.96. The second-order valence-electron chi connectivity index (χ2n) is 5.49. The van der Waals surface area contributed by atoms with Gasteiger partial charge in [-0.2, -0.15) is 17.5 Å². The van der Waals surface area contributed by atoms with Crippen LogP contribution in [0.4, 0.5) is 18.9 Å². The molecule has 0 atom stereocenters. The second kappa shape index (κ2) is 8.61. The van der Waals surface area contributed by atoms with Crippen LogP contribution in [-0.2, 0) is 11.0 Å². The summed E-state index contributed by atoms with van der Waals surface area (Å²) in [5, 5.41) is 2.30. The molecule has 2 aromatic carbocycles. The van der Waals surface area contributed by atoms with Crippen molar-refractivity contribution in [2.45, 2.75) is 10.5 Å². The number of aromatic nitrogens is 2. The van der Waals surface area contributed by atoms with Crippen molar-refractivity contribution in [1.29, 1.82) is 0 Å². The molecule has 0 aliphatic heterocycles. The van der Waals surface area contributed by atoms with E-state index in [1.807, 2.05) is 12.1 Å². The van der Waals surface area contributed by atoms with E-state index in [1.54, 1.807) is 19.2 Å². The predicted molar refractivity (Wildman–Crippen MR) is 103 cm³/mol. The minimum Gasteiger partial charge on any atom is -0.497 e. The molecule has 1 N–H and O–H groups in total. The lowest BCUT2D eigenvalue weighted by molar-refractivity contribution is -0.137. The van der Waals surface area contributed by atoms with Crippen LogP contribution >= 0.6 is 23.3 Å². The van der Waals surface area contributed by atoms with Gasteiger partial charge in [-0.25, -0.2) is 4.98 Å². The summed E-state index contributed by atoms with van der Waals surface area (Å²) >= 11 is 2.23. The third-order valence-electron chi connectivity index (χ3n) is 3.59. The summed E-state index contributed by atoms with van der Waals surface area (Å²) in [5.74, 6) is 0.592. The Kier molecular flexibility index (Phi) is 6.20. The fraction of sp³-hybridized carbons (Fsp3) is 0.167. The Morgan fingerprint density at radius 1 is 1.18 bits per heavy atom.